The van der Waals surface area contributed by atoms with Crippen LogP contribution in [0.3, 0.4) is 0 Å². The molecule has 27 heavy (non-hydrogen) atoms. The van der Waals surface area contributed by atoms with Gasteiger partial charge in [-0.2, -0.15) is 0 Å². The summed E-state index contributed by atoms with van der Waals surface area (Å²) in [7, 11) is 1.55. The van der Waals surface area contributed by atoms with Crippen LogP contribution in [0.5, 0.6) is 0 Å². The summed E-state index contributed by atoms with van der Waals surface area (Å²) in [6.07, 6.45) is 1.94. The van der Waals surface area contributed by atoms with Crippen molar-refractivity contribution in [1.29, 1.82) is 0 Å². The van der Waals surface area contributed by atoms with Crippen molar-refractivity contribution in [2.24, 2.45) is 11.8 Å². The second-order valence-electron chi connectivity index (χ2n) is 6.36. The number of nitrogens with zero attached hydrogens (tertiary/aromatic N) is 2. The van der Waals surface area contributed by atoms with Gasteiger partial charge in [0.1, 0.15) is 15.9 Å². The van der Waals surface area contributed by atoms with Crippen LogP contribution in [0.25, 0.3) is 0 Å². The highest BCUT2D eigenvalue weighted by molar-refractivity contribution is 7.09. The minimum absolute atomic E-state index is 0.104. The molecule has 11 heteroatoms. The van der Waals surface area contributed by atoms with Gasteiger partial charge in [-0.15, -0.1) is 34.5 Å². The molecule has 0 aliphatic rings. The van der Waals surface area contributed by atoms with E-state index in [-0.39, 0.29) is 37.1 Å². The third-order valence-corrected chi connectivity index (χ3v) is 6.88. The van der Waals surface area contributed by atoms with E-state index in [1.165, 1.54) is 16.2 Å². The van der Waals surface area contributed by atoms with E-state index in [0.717, 1.165) is 5.01 Å². The van der Waals surface area contributed by atoms with Crippen LogP contribution < -0.4 is 5.32 Å². The Morgan fingerprint density at radius 1 is 1.30 bits per heavy atom. The van der Waals surface area contributed by atoms with Gasteiger partial charge in [-0.25, -0.2) is 4.98 Å². The first-order valence-corrected chi connectivity index (χ1v) is 11.1. The van der Waals surface area contributed by atoms with Gasteiger partial charge < -0.3 is 10.2 Å². The second kappa shape index (κ2) is 11.3. The largest absolute Gasteiger partial charge is 0.348 e. The van der Waals surface area contributed by atoms with Crippen LogP contribution in [0.1, 0.15) is 31.7 Å². The first-order chi connectivity index (χ1) is 12.4. The lowest BCUT2D eigenvalue weighted by Crippen LogP contribution is -2.49. The van der Waals surface area contributed by atoms with Crippen LogP contribution in [0.15, 0.2) is 11.6 Å². The van der Waals surface area contributed by atoms with Gasteiger partial charge in [0, 0.05) is 31.0 Å². The molecule has 1 N–H and O–H groups in total. The maximum Gasteiger partial charge on any atom is 0.243 e. The van der Waals surface area contributed by atoms with E-state index < -0.39 is 20.6 Å². The van der Waals surface area contributed by atoms with E-state index in [4.69, 9.17) is 58.0 Å². The zero-order chi connectivity index (χ0) is 20.8. The Morgan fingerprint density at radius 2 is 1.93 bits per heavy atom. The number of carbonyl (C=O) groups is 2. The number of amides is 2. The van der Waals surface area contributed by atoms with Crippen LogP contribution in [0.2, 0.25) is 0 Å². The summed E-state index contributed by atoms with van der Waals surface area (Å²) in [5.74, 6) is -1.32. The highest BCUT2D eigenvalue weighted by atomic mass is 35.6. The molecule has 0 radical (unpaired) electrons. The number of likely N-dealkylation sites (N-methyl/N-ethyl adjacent to an activating group) is 1. The zero-order valence-corrected chi connectivity index (χ0v) is 19.7. The third-order valence-electron chi connectivity index (χ3n) is 4.12. The first-order valence-electron chi connectivity index (χ1n) is 8.20. The minimum atomic E-state index is -1.55. The first kappa shape index (κ1) is 25.1. The predicted octanol–water partition coefficient (Wildman–Crippen LogP) is 4.81. The Hall–Kier alpha value is 0.0200. The van der Waals surface area contributed by atoms with Crippen molar-refractivity contribution in [3.8, 4) is 0 Å². The quantitative estimate of drug-likeness (QED) is 0.498. The Bertz CT molecular complexity index is 610. The lowest BCUT2D eigenvalue weighted by atomic mass is 10.00. The van der Waals surface area contributed by atoms with E-state index in [0.29, 0.717) is 0 Å². The molecule has 0 aliphatic heterocycles. The summed E-state index contributed by atoms with van der Waals surface area (Å²) >= 11 is 30.9. The zero-order valence-electron chi connectivity index (χ0n) is 15.1. The average molecular weight is 498 g/mol. The van der Waals surface area contributed by atoms with Crippen molar-refractivity contribution >= 4 is 81.2 Å². The van der Waals surface area contributed by atoms with E-state index >= 15 is 0 Å². The molecule has 0 bridgehead atoms. The van der Waals surface area contributed by atoms with E-state index in [2.05, 4.69) is 10.3 Å². The molecule has 0 saturated carbocycles. The van der Waals surface area contributed by atoms with Crippen molar-refractivity contribution < 1.29 is 9.59 Å². The van der Waals surface area contributed by atoms with Crippen molar-refractivity contribution in [2.45, 2.75) is 47.9 Å². The van der Waals surface area contributed by atoms with Crippen LogP contribution in [-0.2, 0) is 16.1 Å². The number of rotatable bonds is 9. The molecular formula is C16H22Cl5N3O2S. The lowest BCUT2D eigenvalue weighted by Gasteiger charge is -2.32. The number of hydrogen-bond donors (Lipinski definition) is 1. The standard InChI is InChI=1S/C16H22Cl5N3O2S/c1-9(14(17)18)6-13(25)24(3)11(7-10(2)16(19,20)21)15(26)23-8-12-22-4-5-27-12/h4-5,9-11,14H,6-8H2,1-3H3,(H,23,26). The molecule has 5 nitrogen and oxygen atoms in total. The third kappa shape index (κ3) is 8.50. The van der Waals surface area contributed by atoms with Crippen molar-refractivity contribution in [1.82, 2.24) is 15.2 Å². The number of halogens is 5. The predicted molar refractivity (Wildman–Crippen MR) is 114 cm³/mol. The van der Waals surface area contributed by atoms with Gasteiger partial charge in [-0.1, -0.05) is 48.7 Å². The normalized spacial score (nSPS) is 15.3. The molecular weight excluding hydrogens is 476 g/mol. The molecule has 3 atom stereocenters. The molecule has 0 aliphatic carbocycles. The average Bonchev–Trinajstić information content (AvgIpc) is 3.08. The second-order valence-corrected chi connectivity index (χ2v) is 10.9. The number of aromatic nitrogens is 1. The number of carbonyl (C=O) groups excluding carboxylic acids is 2. The molecule has 0 fully saturated rings. The molecule has 3 unspecified atom stereocenters. The Kier molecular flexibility index (Phi) is 10.5. The maximum absolute atomic E-state index is 12.8. The topological polar surface area (TPSA) is 62.3 Å². The Morgan fingerprint density at radius 3 is 2.41 bits per heavy atom. The SMILES string of the molecule is CC(CC(=O)N(C)C(CC(C)C(Cl)(Cl)Cl)C(=O)NCc1nccs1)C(Cl)Cl. The van der Waals surface area contributed by atoms with Gasteiger partial charge in [0.15, 0.2) is 3.79 Å². The molecule has 1 rings (SSSR count). The number of nitrogens with one attached hydrogen (secondary N) is 1. The minimum Gasteiger partial charge on any atom is -0.348 e. The van der Waals surface area contributed by atoms with Crippen LogP contribution in [-0.4, -0.2) is 43.4 Å². The van der Waals surface area contributed by atoms with Gasteiger partial charge in [0.2, 0.25) is 11.8 Å². The van der Waals surface area contributed by atoms with Crippen molar-refractivity contribution in [2.75, 3.05) is 7.05 Å². The number of hydrogen-bond acceptors (Lipinski definition) is 4. The fourth-order valence-electron chi connectivity index (χ4n) is 2.21. The number of alkyl halides is 5. The molecule has 1 aromatic heterocycles. The lowest BCUT2D eigenvalue weighted by molar-refractivity contribution is -0.140. The molecule has 0 saturated heterocycles. The summed E-state index contributed by atoms with van der Waals surface area (Å²) in [4.78, 5) is 30.1. The molecule has 2 amide bonds. The number of thiazole rings is 1. The highest BCUT2D eigenvalue weighted by Crippen LogP contribution is 2.38. The fourth-order valence-corrected chi connectivity index (χ4v) is 3.21. The van der Waals surface area contributed by atoms with Gasteiger partial charge in [0.25, 0.3) is 0 Å². The summed E-state index contributed by atoms with van der Waals surface area (Å²) in [5, 5.41) is 5.36. The molecule has 1 aromatic rings. The fraction of sp³-hybridized carbons (Fsp3) is 0.688. The molecule has 154 valence electrons. The van der Waals surface area contributed by atoms with E-state index in [1.54, 1.807) is 27.1 Å². The molecule has 0 spiro atoms. The summed E-state index contributed by atoms with van der Waals surface area (Å²) in [6.45, 7) is 3.74. The molecule has 1 heterocycles. The van der Waals surface area contributed by atoms with E-state index in [9.17, 15) is 9.59 Å². The summed E-state index contributed by atoms with van der Waals surface area (Å²) in [5.41, 5.74) is 0. The van der Waals surface area contributed by atoms with Crippen LogP contribution in [0.4, 0.5) is 0 Å². The van der Waals surface area contributed by atoms with Gasteiger partial charge in [-0.3, -0.25) is 9.59 Å². The highest BCUT2D eigenvalue weighted by Gasteiger charge is 2.36. The monoisotopic (exact) mass is 495 g/mol. The van der Waals surface area contributed by atoms with Crippen molar-refractivity contribution in [3.05, 3.63) is 16.6 Å². The van der Waals surface area contributed by atoms with Crippen LogP contribution in [0, 0.1) is 11.8 Å². The summed E-state index contributed by atoms with van der Waals surface area (Å²) in [6, 6.07) is -0.806. The maximum atomic E-state index is 12.8. The smallest absolute Gasteiger partial charge is 0.243 e. The molecule has 0 aromatic carbocycles. The Balaban J connectivity index is 2.87. The van der Waals surface area contributed by atoms with Gasteiger partial charge in [0.05, 0.1) is 6.54 Å². The van der Waals surface area contributed by atoms with Crippen molar-refractivity contribution in [3.63, 3.8) is 0 Å². The van der Waals surface area contributed by atoms with E-state index in [1.807, 2.05) is 5.38 Å². The van der Waals surface area contributed by atoms with Gasteiger partial charge >= 0.3 is 0 Å². The van der Waals surface area contributed by atoms with Gasteiger partial charge in [-0.05, 0) is 12.3 Å². The van der Waals surface area contributed by atoms with Crippen LogP contribution >= 0.6 is 69.3 Å². The Labute approximate surface area is 188 Å². The summed E-state index contributed by atoms with van der Waals surface area (Å²) < 4.78 is -1.55.